The molecule has 1 heterocycles. The zero-order chi connectivity index (χ0) is 16.8. The summed E-state index contributed by atoms with van der Waals surface area (Å²) in [7, 11) is 0. The highest BCUT2D eigenvalue weighted by Crippen LogP contribution is 2.20. The van der Waals surface area contributed by atoms with Gasteiger partial charge in [-0.3, -0.25) is 9.36 Å². The average Bonchev–Trinajstić information content (AvgIpc) is 2.51. The Morgan fingerprint density at radius 2 is 1.96 bits per heavy atom. The lowest BCUT2D eigenvalue weighted by atomic mass is 10.2. The fourth-order valence-electron chi connectivity index (χ4n) is 2.24. The van der Waals surface area contributed by atoms with Crippen LogP contribution < -0.4 is 5.56 Å². The number of rotatable bonds is 8. The van der Waals surface area contributed by atoms with Gasteiger partial charge in [-0.25, -0.2) is 4.98 Å². The number of ether oxygens (including phenoxy) is 1. The fourth-order valence-corrected chi connectivity index (χ4v) is 3.21. The summed E-state index contributed by atoms with van der Waals surface area (Å²) in [5.74, 6) is 1.51. The van der Waals surface area contributed by atoms with E-state index >= 15 is 0 Å². The summed E-state index contributed by atoms with van der Waals surface area (Å²) in [5.41, 5.74) is 0.824. The molecule has 2 aromatic rings. The zero-order valence-corrected chi connectivity index (χ0v) is 15.2. The number of hydrogen-bond acceptors (Lipinski definition) is 4. The normalized spacial score (nSPS) is 11.7. The van der Waals surface area contributed by atoms with E-state index in [1.165, 1.54) is 0 Å². The predicted molar refractivity (Wildman–Crippen MR) is 97.3 cm³/mol. The summed E-state index contributed by atoms with van der Waals surface area (Å²) in [4.78, 5) is 17.5. The van der Waals surface area contributed by atoms with Crippen LogP contribution in [0.25, 0.3) is 10.9 Å². The average molecular weight is 334 g/mol. The molecule has 0 fully saturated rings. The Hall–Kier alpha value is -1.33. The van der Waals surface area contributed by atoms with Crippen molar-refractivity contribution in [3.8, 4) is 0 Å². The van der Waals surface area contributed by atoms with Gasteiger partial charge in [-0.15, -0.1) is 0 Å². The first-order valence-corrected chi connectivity index (χ1v) is 9.21. The molecule has 2 rings (SSSR count). The number of nitrogens with zero attached hydrogens (tertiary/aromatic N) is 2. The molecule has 0 unspecified atom stereocenters. The topological polar surface area (TPSA) is 44.1 Å². The van der Waals surface area contributed by atoms with Crippen molar-refractivity contribution in [2.75, 3.05) is 12.4 Å². The van der Waals surface area contributed by atoms with Crippen LogP contribution in [0.15, 0.2) is 34.2 Å². The first kappa shape index (κ1) is 18.0. The van der Waals surface area contributed by atoms with Gasteiger partial charge in [-0.05, 0) is 38.3 Å². The molecule has 4 nitrogen and oxygen atoms in total. The number of para-hydroxylation sites is 1. The van der Waals surface area contributed by atoms with E-state index < -0.39 is 0 Å². The largest absolute Gasteiger partial charge is 0.379 e. The molecule has 0 spiro atoms. The molecular formula is C18H26N2O2S. The summed E-state index contributed by atoms with van der Waals surface area (Å²) in [5, 5.41) is 1.50. The maximum atomic E-state index is 12.8. The van der Waals surface area contributed by atoms with E-state index in [0.717, 1.165) is 22.8 Å². The lowest BCUT2D eigenvalue weighted by Crippen LogP contribution is -2.24. The van der Waals surface area contributed by atoms with Crippen LogP contribution in [0.1, 0.15) is 34.1 Å². The van der Waals surface area contributed by atoms with Gasteiger partial charge in [0.25, 0.3) is 5.56 Å². The molecule has 0 saturated heterocycles. The van der Waals surface area contributed by atoms with Gasteiger partial charge in [-0.1, -0.05) is 37.7 Å². The third kappa shape index (κ3) is 5.08. The van der Waals surface area contributed by atoms with E-state index in [2.05, 4.69) is 13.8 Å². The number of fused-ring (bicyclic) bond motifs is 1. The smallest absolute Gasteiger partial charge is 0.262 e. The van der Waals surface area contributed by atoms with Crippen LogP contribution in [0.2, 0.25) is 0 Å². The number of benzene rings is 1. The summed E-state index contributed by atoms with van der Waals surface area (Å²) in [6.45, 7) is 9.69. The molecule has 0 aliphatic rings. The van der Waals surface area contributed by atoms with Crippen molar-refractivity contribution in [1.82, 2.24) is 9.55 Å². The quantitative estimate of drug-likeness (QED) is 0.416. The molecule has 1 aromatic heterocycles. The highest BCUT2D eigenvalue weighted by atomic mass is 32.2. The minimum atomic E-state index is 0.0476. The Bertz CT molecular complexity index is 695. The highest BCUT2D eigenvalue weighted by molar-refractivity contribution is 7.99. The van der Waals surface area contributed by atoms with Gasteiger partial charge in [0.05, 0.1) is 17.0 Å². The van der Waals surface area contributed by atoms with Crippen LogP contribution in [0.5, 0.6) is 0 Å². The van der Waals surface area contributed by atoms with Gasteiger partial charge >= 0.3 is 0 Å². The van der Waals surface area contributed by atoms with E-state index in [-0.39, 0.29) is 11.7 Å². The monoisotopic (exact) mass is 334 g/mol. The molecular weight excluding hydrogens is 308 g/mol. The van der Waals surface area contributed by atoms with E-state index in [1.54, 1.807) is 16.3 Å². The Labute approximate surface area is 142 Å². The first-order chi connectivity index (χ1) is 11.0. The number of hydrogen-bond donors (Lipinski definition) is 0. The van der Waals surface area contributed by atoms with Gasteiger partial charge in [0.2, 0.25) is 0 Å². The van der Waals surface area contributed by atoms with Crippen molar-refractivity contribution in [2.24, 2.45) is 5.92 Å². The molecule has 0 aliphatic heterocycles. The molecule has 0 bridgehead atoms. The summed E-state index contributed by atoms with van der Waals surface area (Å²) < 4.78 is 7.39. The molecule has 126 valence electrons. The molecule has 0 atom stereocenters. The highest BCUT2D eigenvalue weighted by Gasteiger charge is 2.12. The minimum Gasteiger partial charge on any atom is -0.379 e. The molecule has 0 amide bonds. The second-order valence-electron chi connectivity index (χ2n) is 6.35. The zero-order valence-electron chi connectivity index (χ0n) is 14.4. The fraction of sp³-hybridized carbons (Fsp3) is 0.556. The standard InChI is InChI=1S/C18H26N2O2S/c1-13(2)12-23-18-19-16-9-6-5-8-15(16)17(21)20(18)10-7-11-22-14(3)4/h5-6,8-9,13-14H,7,10-12H2,1-4H3. The second kappa shape index (κ2) is 8.50. The van der Waals surface area contributed by atoms with Crippen LogP contribution in [-0.4, -0.2) is 28.0 Å². The summed E-state index contributed by atoms with van der Waals surface area (Å²) in [6, 6.07) is 7.57. The number of thioether (sulfide) groups is 1. The molecule has 0 radical (unpaired) electrons. The van der Waals surface area contributed by atoms with Crippen molar-refractivity contribution in [3.63, 3.8) is 0 Å². The van der Waals surface area contributed by atoms with Crippen molar-refractivity contribution in [2.45, 2.75) is 51.9 Å². The Morgan fingerprint density at radius 3 is 2.65 bits per heavy atom. The third-order valence-electron chi connectivity index (χ3n) is 3.35. The lowest BCUT2D eigenvalue weighted by molar-refractivity contribution is 0.0743. The molecule has 0 N–H and O–H groups in total. The van der Waals surface area contributed by atoms with Crippen LogP contribution in [-0.2, 0) is 11.3 Å². The molecule has 1 aromatic carbocycles. The summed E-state index contributed by atoms with van der Waals surface area (Å²) >= 11 is 1.66. The minimum absolute atomic E-state index is 0.0476. The van der Waals surface area contributed by atoms with Crippen molar-refractivity contribution >= 4 is 22.7 Å². The van der Waals surface area contributed by atoms with Crippen molar-refractivity contribution in [1.29, 1.82) is 0 Å². The summed E-state index contributed by atoms with van der Waals surface area (Å²) in [6.07, 6.45) is 1.03. The van der Waals surface area contributed by atoms with Crippen LogP contribution in [0, 0.1) is 5.92 Å². The van der Waals surface area contributed by atoms with E-state index in [0.29, 0.717) is 24.5 Å². The van der Waals surface area contributed by atoms with Crippen LogP contribution in [0.3, 0.4) is 0 Å². The lowest BCUT2D eigenvalue weighted by Gasteiger charge is -2.14. The van der Waals surface area contributed by atoms with E-state index in [1.807, 2.05) is 38.1 Å². The van der Waals surface area contributed by atoms with Gasteiger partial charge in [-0.2, -0.15) is 0 Å². The maximum absolute atomic E-state index is 12.8. The molecule has 23 heavy (non-hydrogen) atoms. The van der Waals surface area contributed by atoms with Crippen molar-refractivity contribution in [3.05, 3.63) is 34.6 Å². The second-order valence-corrected chi connectivity index (χ2v) is 7.33. The predicted octanol–water partition coefficient (Wildman–Crippen LogP) is 3.96. The first-order valence-electron chi connectivity index (χ1n) is 8.23. The van der Waals surface area contributed by atoms with Gasteiger partial charge in [0.1, 0.15) is 0 Å². The van der Waals surface area contributed by atoms with Crippen LogP contribution in [0.4, 0.5) is 0 Å². The van der Waals surface area contributed by atoms with Crippen LogP contribution >= 0.6 is 11.8 Å². The van der Waals surface area contributed by atoms with Gasteiger partial charge in [0.15, 0.2) is 5.16 Å². The Morgan fingerprint density at radius 1 is 1.22 bits per heavy atom. The number of aromatic nitrogens is 2. The van der Waals surface area contributed by atoms with E-state index in [4.69, 9.17) is 9.72 Å². The molecule has 5 heteroatoms. The SMILES string of the molecule is CC(C)CSc1nc2ccccc2c(=O)n1CCCOC(C)C. The van der Waals surface area contributed by atoms with Gasteiger partial charge in [0, 0.05) is 18.9 Å². The van der Waals surface area contributed by atoms with Gasteiger partial charge < -0.3 is 4.74 Å². The Balaban J connectivity index is 2.28. The Kier molecular flexibility index (Phi) is 6.66. The van der Waals surface area contributed by atoms with E-state index in [9.17, 15) is 4.79 Å². The third-order valence-corrected chi connectivity index (χ3v) is 4.75. The molecule has 0 saturated carbocycles. The molecule has 0 aliphatic carbocycles. The van der Waals surface area contributed by atoms with Crippen molar-refractivity contribution < 1.29 is 4.74 Å². The maximum Gasteiger partial charge on any atom is 0.262 e.